The average molecular weight is 665 g/mol. The quantitative estimate of drug-likeness (QED) is 0.139. The monoisotopic (exact) mass is 664 g/mol. The van der Waals surface area contributed by atoms with E-state index in [0.29, 0.717) is 6.42 Å². The fourth-order valence-corrected chi connectivity index (χ4v) is 5.72. The number of carbonyl (C=O) groups excluding carboxylic acids is 2. The SMILES string of the molecule is C/C=C\C.C=CCC1(C(=O)Nc2ccc(-c3nc4ccc(NC(=O)CCCC)cc4[nH]3)cc2)CCCCC1.CC.CCCc1ccccc1. The Morgan fingerprint density at radius 2 is 1.51 bits per heavy atom. The van der Waals surface area contributed by atoms with Crippen molar-refractivity contribution in [2.45, 2.75) is 112 Å². The zero-order valence-electron chi connectivity index (χ0n) is 30.9. The molecule has 1 saturated carbocycles. The van der Waals surface area contributed by atoms with Crippen molar-refractivity contribution in [2.24, 2.45) is 5.41 Å². The molecule has 1 aromatic heterocycles. The summed E-state index contributed by atoms with van der Waals surface area (Å²) in [6.07, 6.45) is 16.7. The third-order valence-electron chi connectivity index (χ3n) is 8.48. The van der Waals surface area contributed by atoms with E-state index < -0.39 is 0 Å². The first-order chi connectivity index (χ1) is 23.9. The van der Waals surface area contributed by atoms with Crippen molar-refractivity contribution in [3.05, 3.63) is 103 Å². The molecule has 0 spiro atoms. The summed E-state index contributed by atoms with van der Waals surface area (Å²) in [5.41, 5.74) is 5.29. The van der Waals surface area contributed by atoms with Crippen LogP contribution in [0.15, 0.2) is 97.6 Å². The van der Waals surface area contributed by atoms with Gasteiger partial charge in [-0.2, -0.15) is 0 Å². The lowest BCUT2D eigenvalue weighted by atomic mass is 9.71. The molecular weight excluding hydrogens is 604 g/mol. The molecule has 1 fully saturated rings. The number of rotatable bonds is 11. The normalized spacial score (nSPS) is 13.1. The summed E-state index contributed by atoms with van der Waals surface area (Å²) in [5, 5.41) is 6.07. The molecule has 0 bridgehead atoms. The van der Waals surface area contributed by atoms with Crippen molar-refractivity contribution in [1.29, 1.82) is 0 Å². The van der Waals surface area contributed by atoms with Crippen LogP contribution in [-0.4, -0.2) is 21.8 Å². The highest BCUT2D eigenvalue weighted by Gasteiger charge is 2.38. The van der Waals surface area contributed by atoms with Gasteiger partial charge in [0.05, 0.1) is 16.4 Å². The van der Waals surface area contributed by atoms with E-state index in [9.17, 15) is 9.59 Å². The molecule has 3 aromatic carbocycles. The molecule has 6 nitrogen and oxygen atoms in total. The number of nitrogens with zero attached hydrogens (tertiary/aromatic N) is 1. The number of fused-ring (bicyclic) bond motifs is 1. The first-order valence-electron chi connectivity index (χ1n) is 18.3. The first-order valence-corrected chi connectivity index (χ1v) is 18.3. The number of aromatic amines is 1. The molecule has 0 aliphatic heterocycles. The maximum atomic E-state index is 13.1. The van der Waals surface area contributed by atoms with Crippen molar-refractivity contribution in [3.63, 3.8) is 0 Å². The number of imidazole rings is 1. The van der Waals surface area contributed by atoms with Crippen LogP contribution in [0, 0.1) is 5.41 Å². The first kappa shape index (κ1) is 40.7. The van der Waals surface area contributed by atoms with Gasteiger partial charge in [-0.3, -0.25) is 9.59 Å². The van der Waals surface area contributed by atoms with Crippen LogP contribution in [0.1, 0.15) is 111 Å². The minimum absolute atomic E-state index is 0.0293. The summed E-state index contributed by atoms with van der Waals surface area (Å²) in [5.74, 6) is 0.872. The van der Waals surface area contributed by atoms with E-state index in [1.165, 1.54) is 24.8 Å². The summed E-state index contributed by atoms with van der Waals surface area (Å²) in [7, 11) is 0. The van der Waals surface area contributed by atoms with Crippen LogP contribution in [0.2, 0.25) is 0 Å². The Labute approximate surface area is 295 Å². The molecule has 1 aliphatic carbocycles. The molecule has 0 atom stereocenters. The Kier molecular flexibility index (Phi) is 19.1. The summed E-state index contributed by atoms with van der Waals surface area (Å²) >= 11 is 0. The lowest BCUT2D eigenvalue weighted by molar-refractivity contribution is -0.127. The second-order valence-corrected chi connectivity index (χ2v) is 12.2. The maximum absolute atomic E-state index is 13.1. The van der Waals surface area contributed by atoms with E-state index >= 15 is 0 Å². The molecule has 0 radical (unpaired) electrons. The number of anilines is 2. The molecule has 49 heavy (non-hydrogen) atoms. The molecule has 5 rings (SSSR count). The largest absolute Gasteiger partial charge is 0.338 e. The molecule has 264 valence electrons. The van der Waals surface area contributed by atoms with E-state index in [1.54, 1.807) is 0 Å². The van der Waals surface area contributed by atoms with Crippen LogP contribution >= 0.6 is 0 Å². The van der Waals surface area contributed by atoms with Crippen LogP contribution < -0.4 is 10.6 Å². The molecule has 6 heteroatoms. The van der Waals surface area contributed by atoms with Crippen LogP contribution in [0.3, 0.4) is 0 Å². The van der Waals surface area contributed by atoms with E-state index in [4.69, 9.17) is 0 Å². The number of aromatic nitrogens is 2. The number of hydrogen-bond acceptors (Lipinski definition) is 3. The van der Waals surface area contributed by atoms with Crippen LogP contribution in [0.5, 0.6) is 0 Å². The van der Waals surface area contributed by atoms with Crippen LogP contribution in [0.4, 0.5) is 11.4 Å². The third-order valence-corrected chi connectivity index (χ3v) is 8.48. The smallest absolute Gasteiger partial charge is 0.230 e. The molecule has 0 unspecified atom stereocenters. The van der Waals surface area contributed by atoms with E-state index in [2.05, 4.69) is 71.4 Å². The summed E-state index contributed by atoms with van der Waals surface area (Å²) in [6, 6.07) is 24.0. The number of H-pyrrole nitrogens is 1. The fraction of sp³-hybridized carbons (Fsp3) is 0.419. The number of hydrogen-bond donors (Lipinski definition) is 3. The second kappa shape index (κ2) is 23.0. The summed E-state index contributed by atoms with van der Waals surface area (Å²) < 4.78 is 0. The number of allylic oxidation sites excluding steroid dienone is 3. The van der Waals surface area contributed by atoms with Gasteiger partial charge in [-0.05, 0) is 94.0 Å². The van der Waals surface area contributed by atoms with Crippen LogP contribution in [-0.2, 0) is 16.0 Å². The lowest BCUT2D eigenvalue weighted by Crippen LogP contribution is -2.37. The van der Waals surface area contributed by atoms with Gasteiger partial charge in [-0.25, -0.2) is 4.98 Å². The predicted octanol–water partition coefficient (Wildman–Crippen LogP) is 12.1. The number of carbonyl (C=O) groups is 2. The van der Waals surface area contributed by atoms with Gasteiger partial charge in [-0.15, -0.1) is 6.58 Å². The molecule has 0 saturated heterocycles. The van der Waals surface area contributed by atoms with E-state index in [-0.39, 0.29) is 17.2 Å². The summed E-state index contributed by atoms with van der Waals surface area (Å²) in [6.45, 7) is 16.1. The van der Waals surface area contributed by atoms with Crippen LogP contribution in [0.25, 0.3) is 22.4 Å². The molecule has 1 heterocycles. The standard InChI is InChI=1S/C28H34N4O2.C9H12.C4H8.C2H6/c1-3-5-9-25(33)29-22-14-15-23-24(19-22)32-26(31-23)20-10-12-21(13-11-20)30-27(34)28(16-4-2)17-7-6-8-18-28;1-2-6-9-7-4-3-5-8-9;1-3-4-2;1-2/h4,10-15,19H,2-3,5-9,16-18H2,1H3,(H,29,33)(H,30,34)(H,31,32);3-5,7-8H,2,6H2,1H3;3-4H,1-2H3;1-2H3/b;;4-3-;. The highest BCUT2D eigenvalue weighted by molar-refractivity contribution is 5.96. The number of amides is 2. The zero-order valence-corrected chi connectivity index (χ0v) is 30.9. The highest BCUT2D eigenvalue weighted by Crippen LogP contribution is 2.40. The topological polar surface area (TPSA) is 86.9 Å². The van der Waals surface area contributed by atoms with Gasteiger partial charge in [0, 0.05) is 23.4 Å². The number of benzene rings is 3. The Balaban J connectivity index is 0.000000463. The lowest BCUT2D eigenvalue weighted by Gasteiger charge is -2.35. The molecular formula is C43H60N4O2. The van der Waals surface area contributed by atoms with Crippen molar-refractivity contribution >= 4 is 34.2 Å². The molecule has 2 amide bonds. The Hall–Kier alpha value is -4.45. The van der Waals surface area contributed by atoms with Gasteiger partial charge in [-0.1, -0.05) is 108 Å². The fourth-order valence-electron chi connectivity index (χ4n) is 5.72. The third kappa shape index (κ3) is 13.5. The van der Waals surface area contributed by atoms with Crippen molar-refractivity contribution in [1.82, 2.24) is 9.97 Å². The van der Waals surface area contributed by atoms with E-state index in [0.717, 1.165) is 78.7 Å². The molecule has 1 aliphatic rings. The molecule has 3 N–H and O–H groups in total. The minimum Gasteiger partial charge on any atom is -0.338 e. The highest BCUT2D eigenvalue weighted by atomic mass is 16.2. The van der Waals surface area contributed by atoms with Gasteiger partial charge < -0.3 is 15.6 Å². The molecule has 4 aromatic rings. The Morgan fingerprint density at radius 3 is 2.10 bits per heavy atom. The average Bonchev–Trinajstić information content (AvgIpc) is 3.57. The second-order valence-electron chi connectivity index (χ2n) is 12.2. The van der Waals surface area contributed by atoms with Gasteiger partial charge in [0.1, 0.15) is 5.82 Å². The number of nitrogens with one attached hydrogen (secondary N) is 3. The van der Waals surface area contributed by atoms with Gasteiger partial charge in [0.15, 0.2) is 0 Å². The number of unbranched alkanes of at least 4 members (excludes halogenated alkanes) is 1. The Morgan fingerprint density at radius 1 is 0.857 bits per heavy atom. The maximum Gasteiger partial charge on any atom is 0.230 e. The van der Waals surface area contributed by atoms with Crippen molar-refractivity contribution < 1.29 is 9.59 Å². The van der Waals surface area contributed by atoms with Gasteiger partial charge in [0.2, 0.25) is 11.8 Å². The minimum atomic E-state index is -0.332. The van der Waals surface area contributed by atoms with Gasteiger partial charge in [0.25, 0.3) is 0 Å². The number of aryl methyl sites for hydroxylation is 1. The zero-order chi connectivity index (χ0) is 35.9. The van der Waals surface area contributed by atoms with Crippen molar-refractivity contribution in [2.75, 3.05) is 10.6 Å². The van der Waals surface area contributed by atoms with E-state index in [1.807, 2.05) is 88.4 Å². The Bertz CT molecular complexity index is 1540. The summed E-state index contributed by atoms with van der Waals surface area (Å²) in [4.78, 5) is 33.2. The predicted molar refractivity (Wildman–Crippen MR) is 211 cm³/mol. The van der Waals surface area contributed by atoms with Gasteiger partial charge >= 0.3 is 0 Å². The van der Waals surface area contributed by atoms with Crippen molar-refractivity contribution in [3.8, 4) is 11.4 Å².